The van der Waals surface area contributed by atoms with Crippen LogP contribution in [0, 0.1) is 5.92 Å². The van der Waals surface area contributed by atoms with Crippen LogP contribution < -0.4 is 0 Å². The van der Waals surface area contributed by atoms with Crippen LogP contribution in [0.15, 0.2) is 11.8 Å². The van der Waals surface area contributed by atoms with Crippen LogP contribution in [0.2, 0.25) is 18.1 Å². The fourth-order valence-corrected chi connectivity index (χ4v) is 3.47. The average Bonchev–Trinajstić information content (AvgIpc) is 2.20. The molecule has 0 aliphatic carbocycles. The highest BCUT2D eigenvalue weighted by molar-refractivity contribution is 6.74. The molecule has 0 spiro atoms. The van der Waals surface area contributed by atoms with Gasteiger partial charge in [-0.05, 0) is 24.2 Å². The molecule has 0 N–H and O–H groups in total. The summed E-state index contributed by atoms with van der Waals surface area (Å²) < 4.78 is 6.41. The van der Waals surface area contributed by atoms with E-state index in [1.807, 2.05) is 4.90 Å². The number of amides is 1. The van der Waals surface area contributed by atoms with E-state index in [4.69, 9.17) is 4.43 Å². The van der Waals surface area contributed by atoms with Crippen LogP contribution in [-0.2, 0) is 9.22 Å². The van der Waals surface area contributed by atoms with Gasteiger partial charge in [-0.1, -0.05) is 27.7 Å². The number of hydrogen-bond acceptors (Lipinski definition) is 2. The van der Waals surface area contributed by atoms with Gasteiger partial charge in [0, 0.05) is 18.9 Å². The average molecular weight is 267 g/mol. The molecule has 2 aliphatic rings. The second-order valence-electron chi connectivity index (χ2n) is 7.08. The first kappa shape index (κ1) is 13.7. The fourth-order valence-electron chi connectivity index (χ4n) is 2.31. The van der Waals surface area contributed by atoms with Crippen LogP contribution in [-0.4, -0.2) is 31.7 Å². The van der Waals surface area contributed by atoms with Crippen molar-refractivity contribution in [2.24, 2.45) is 5.92 Å². The Morgan fingerprint density at radius 2 is 2.00 bits per heavy atom. The van der Waals surface area contributed by atoms with Gasteiger partial charge in [0.25, 0.3) is 0 Å². The molecule has 1 fully saturated rings. The molecule has 0 radical (unpaired) electrons. The monoisotopic (exact) mass is 267 g/mol. The minimum absolute atomic E-state index is 0.222. The van der Waals surface area contributed by atoms with E-state index in [9.17, 15) is 4.79 Å². The Kier molecular flexibility index (Phi) is 3.12. The maximum atomic E-state index is 11.4. The van der Waals surface area contributed by atoms with Crippen LogP contribution in [0.3, 0.4) is 0 Å². The summed E-state index contributed by atoms with van der Waals surface area (Å²) in [6.07, 6.45) is 2.80. The third kappa shape index (κ3) is 2.11. The summed E-state index contributed by atoms with van der Waals surface area (Å²) in [6.45, 7) is 14.2. The largest absolute Gasteiger partial charge is 0.546 e. The first-order valence-corrected chi connectivity index (χ1v) is 9.73. The van der Waals surface area contributed by atoms with Gasteiger partial charge in [0.15, 0.2) is 0 Å². The molecule has 3 nitrogen and oxygen atoms in total. The van der Waals surface area contributed by atoms with Gasteiger partial charge in [0.1, 0.15) is 0 Å². The van der Waals surface area contributed by atoms with Crippen molar-refractivity contribution >= 4 is 14.2 Å². The predicted molar refractivity (Wildman–Crippen MR) is 75.6 cm³/mol. The number of carbonyl (C=O) groups excluding carboxylic acids is 1. The zero-order chi connectivity index (χ0) is 13.7. The van der Waals surface area contributed by atoms with Crippen molar-refractivity contribution in [1.82, 2.24) is 4.90 Å². The molecule has 2 atom stereocenters. The van der Waals surface area contributed by atoms with Gasteiger partial charge >= 0.3 is 0 Å². The molecule has 1 amide bonds. The SMILES string of the molecule is CC1C(O[Si](C)(C)C(C)(C)C)=CCN2C(=O)C[C@@H]12. The molecule has 1 unspecified atom stereocenters. The molecule has 102 valence electrons. The van der Waals surface area contributed by atoms with E-state index in [0.29, 0.717) is 18.4 Å². The summed E-state index contributed by atoms with van der Waals surface area (Å²) in [5.41, 5.74) is 0. The Bertz CT molecular complexity index is 395. The van der Waals surface area contributed by atoms with Gasteiger partial charge in [-0.15, -0.1) is 0 Å². The van der Waals surface area contributed by atoms with Crippen molar-refractivity contribution in [3.05, 3.63) is 11.8 Å². The molecular formula is C14H25NO2Si. The maximum absolute atomic E-state index is 11.4. The molecule has 0 saturated carbocycles. The summed E-state index contributed by atoms with van der Waals surface area (Å²) in [5, 5.41) is 0.222. The first-order chi connectivity index (χ1) is 8.13. The van der Waals surface area contributed by atoms with Crippen molar-refractivity contribution in [2.75, 3.05) is 6.54 Å². The molecule has 0 bridgehead atoms. The second kappa shape index (κ2) is 4.12. The molecule has 2 aliphatic heterocycles. The maximum Gasteiger partial charge on any atom is 0.250 e. The van der Waals surface area contributed by atoms with E-state index in [2.05, 4.69) is 46.9 Å². The predicted octanol–water partition coefficient (Wildman–Crippen LogP) is 3.14. The highest BCUT2D eigenvalue weighted by Crippen LogP contribution is 2.41. The number of rotatable bonds is 2. The van der Waals surface area contributed by atoms with Crippen LogP contribution in [0.5, 0.6) is 0 Å². The highest BCUT2D eigenvalue weighted by atomic mass is 28.4. The molecule has 0 aromatic heterocycles. The molecular weight excluding hydrogens is 242 g/mol. The molecule has 1 saturated heterocycles. The van der Waals surface area contributed by atoms with Crippen molar-refractivity contribution in [1.29, 1.82) is 0 Å². The molecule has 2 heterocycles. The Labute approximate surface area is 111 Å². The lowest BCUT2D eigenvalue weighted by molar-refractivity contribution is -0.148. The summed E-state index contributed by atoms with van der Waals surface area (Å²) in [5.74, 6) is 1.76. The zero-order valence-corrected chi connectivity index (χ0v) is 13.4. The lowest BCUT2D eigenvalue weighted by atomic mass is 9.85. The summed E-state index contributed by atoms with van der Waals surface area (Å²) in [6, 6.07) is 0.377. The van der Waals surface area contributed by atoms with Crippen molar-refractivity contribution in [3.8, 4) is 0 Å². The molecule has 4 heteroatoms. The molecule has 2 rings (SSSR count). The Morgan fingerprint density at radius 1 is 1.39 bits per heavy atom. The van der Waals surface area contributed by atoms with Crippen LogP contribution in [0.4, 0.5) is 0 Å². The summed E-state index contributed by atoms with van der Waals surface area (Å²) in [7, 11) is -1.75. The van der Waals surface area contributed by atoms with Gasteiger partial charge < -0.3 is 9.33 Å². The van der Waals surface area contributed by atoms with E-state index in [-0.39, 0.29) is 10.9 Å². The number of β-lactam (4-membered cyclic amide) rings is 1. The van der Waals surface area contributed by atoms with Crippen molar-refractivity contribution in [2.45, 2.75) is 58.3 Å². The zero-order valence-electron chi connectivity index (χ0n) is 12.4. The highest BCUT2D eigenvalue weighted by Gasteiger charge is 2.46. The topological polar surface area (TPSA) is 29.5 Å². The Morgan fingerprint density at radius 3 is 2.50 bits per heavy atom. The van der Waals surface area contributed by atoms with Gasteiger partial charge in [-0.25, -0.2) is 0 Å². The van der Waals surface area contributed by atoms with E-state index in [1.54, 1.807) is 0 Å². The number of hydrogen-bond donors (Lipinski definition) is 0. The van der Waals surface area contributed by atoms with Crippen LogP contribution in [0.25, 0.3) is 0 Å². The molecule has 0 aromatic rings. The van der Waals surface area contributed by atoms with Crippen molar-refractivity contribution < 1.29 is 9.22 Å². The molecule has 18 heavy (non-hydrogen) atoms. The number of nitrogens with zero attached hydrogens (tertiary/aromatic N) is 1. The van der Waals surface area contributed by atoms with Gasteiger partial charge in [-0.2, -0.15) is 0 Å². The first-order valence-electron chi connectivity index (χ1n) is 6.82. The third-order valence-corrected chi connectivity index (χ3v) is 9.16. The quantitative estimate of drug-likeness (QED) is 0.568. The minimum Gasteiger partial charge on any atom is -0.546 e. The van der Waals surface area contributed by atoms with Gasteiger partial charge in [0.2, 0.25) is 14.2 Å². The Balaban J connectivity index is 2.11. The fraction of sp³-hybridized carbons (Fsp3) is 0.786. The van der Waals surface area contributed by atoms with Crippen LogP contribution >= 0.6 is 0 Å². The third-order valence-electron chi connectivity index (χ3n) is 4.80. The Hall–Kier alpha value is -0.773. The van der Waals surface area contributed by atoms with Gasteiger partial charge in [0.05, 0.1) is 11.8 Å². The van der Waals surface area contributed by atoms with E-state index >= 15 is 0 Å². The van der Waals surface area contributed by atoms with E-state index < -0.39 is 8.32 Å². The van der Waals surface area contributed by atoms with E-state index in [0.717, 1.165) is 12.3 Å². The summed E-state index contributed by atoms with van der Waals surface area (Å²) in [4.78, 5) is 13.4. The molecule has 0 aromatic carbocycles. The summed E-state index contributed by atoms with van der Waals surface area (Å²) >= 11 is 0. The number of carbonyl (C=O) groups is 1. The lowest BCUT2D eigenvalue weighted by Gasteiger charge is -2.49. The second-order valence-corrected chi connectivity index (χ2v) is 11.8. The smallest absolute Gasteiger partial charge is 0.250 e. The van der Waals surface area contributed by atoms with Crippen molar-refractivity contribution in [3.63, 3.8) is 0 Å². The normalized spacial score (nSPS) is 28.4. The van der Waals surface area contributed by atoms with Gasteiger partial charge in [-0.3, -0.25) is 4.79 Å². The minimum atomic E-state index is -1.75. The standard InChI is InChI=1S/C14H25NO2Si/c1-10-11-9-13(16)15(11)8-7-12(10)17-18(5,6)14(2,3)4/h7,10-11H,8-9H2,1-6H3/t10?,11-/m0/s1. The van der Waals surface area contributed by atoms with Crippen LogP contribution in [0.1, 0.15) is 34.1 Å². The lowest BCUT2D eigenvalue weighted by Crippen LogP contribution is -2.58. The van der Waals surface area contributed by atoms with E-state index in [1.165, 1.54) is 0 Å². The number of fused-ring (bicyclic) bond motifs is 1.